The molecule has 2 atom stereocenters. The van der Waals surface area contributed by atoms with Crippen LogP contribution in [0, 0.1) is 5.92 Å². The number of hydrogen-bond acceptors (Lipinski definition) is 4. The summed E-state index contributed by atoms with van der Waals surface area (Å²) in [6, 6.07) is 5.96. The van der Waals surface area contributed by atoms with Gasteiger partial charge in [-0.15, -0.1) is 5.10 Å². The second-order valence-electron chi connectivity index (χ2n) is 4.78. The van der Waals surface area contributed by atoms with E-state index < -0.39 is 0 Å². The maximum absolute atomic E-state index is 5.91. The molecule has 0 aliphatic rings. The largest absolute Gasteiger partial charge is 0.398 e. The molecule has 5 nitrogen and oxygen atoms in total. The van der Waals surface area contributed by atoms with Crippen LogP contribution < -0.4 is 5.73 Å². The van der Waals surface area contributed by atoms with Crippen LogP contribution in [0.3, 0.4) is 0 Å². The first-order chi connectivity index (χ1) is 9.06. The summed E-state index contributed by atoms with van der Waals surface area (Å²) in [7, 11) is 0. The zero-order valence-corrected chi connectivity index (χ0v) is 12.9. The number of rotatable bonds is 4. The fourth-order valence-electron chi connectivity index (χ4n) is 1.95. The Morgan fingerprint density at radius 1 is 1.37 bits per heavy atom. The van der Waals surface area contributed by atoms with Crippen LogP contribution in [0.15, 0.2) is 22.7 Å². The summed E-state index contributed by atoms with van der Waals surface area (Å²) >= 11 is 3.51. The predicted molar refractivity (Wildman–Crippen MR) is 79.5 cm³/mol. The van der Waals surface area contributed by atoms with E-state index in [-0.39, 0.29) is 6.04 Å². The second kappa shape index (κ2) is 5.69. The number of tetrazole rings is 1. The van der Waals surface area contributed by atoms with Gasteiger partial charge in [0.25, 0.3) is 0 Å². The zero-order chi connectivity index (χ0) is 14.0. The summed E-state index contributed by atoms with van der Waals surface area (Å²) in [5.41, 5.74) is 7.51. The van der Waals surface area contributed by atoms with Crippen molar-refractivity contribution in [2.45, 2.75) is 33.2 Å². The number of benzene rings is 1. The Labute approximate surface area is 121 Å². The first kappa shape index (κ1) is 14.0. The highest BCUT2D eigenvalue weighted by atomic mass is 79.9. The summed E-state index contributed by atoms with van der Waals surface area (Å²) in [6.45, 7) is 6.50. The number of anilines is 1. The maximum atomic E-state index is 5.91. The number of halogens is 1. The van der Waals surface area contributed by atoms with Gasteiger partial charge in [0.15, 0.2) is 5.82 Å². The Balaban J connectivity index is 2.47. The van der Waals surface area contributed by atoms with Gasteiger partial charge in [-0.2, -0.15) is 0 Å². The van der Waals surface area contributed by atoms with E-state index in [9.17, 15) is 0 Å². The van der Waals surface area contributed by atoms with Gasteiger partial charge < -0.3 is 5.73 Å². The molecule has 19 heavy (non-hydrogen) atoms. The van der Waals surface area contributed by atoms with Crippen molar-refractivity contribution in [2.24, 2.45) is 5.92 Å². The molecule has 0 fully saturated rings. The molecule has 102 valence electrons. The number of nitrogens with zero attached hydrogens (tertiary/aromatic N) is 4. The molecule has 2 unspecified atom stereocenters. The SMILES string of the molecule is CCC(C)C(C)n1nnnc1-c1cccc(N)c1Br. The molecule has 0 saturated carbocycles. The Kier molecular flexibility index (Phi) is 4.19. The molecular weight excluding hydrogens is 306 g/mol. The second-order valence-corrected chi connectivity index (χ2v) is 5.57. The van der Waals surface area contributed by atoms with Crippen LogP contribution in [0.1, 0.15) is 33.2 Å². The van der Waals surface area contributed by atoms with Crippen molar-refractivity contribution in [3.05, 3.63) is 22.7 Å². The molecule has 2 rings (SSSR count). The smallest absolute Gasteiger partial charge is 0.183 e. The molecule has 2 N–H and O–H groups in total. The predicted octanol–water partition coefficient (Wildman–Crippen LogP) is 3.29. The van der Waals surface area contributed by atoms with Crippen LogP contribution in [0.2, 0.25) is 0 Å². The van der Waals surface area contributed by atoms with Gasteiger partial charge in [0, 0.05) is 11.3 Å². The summed E-state index contributed by atoms with van der Waals surface area (Å²) in [4.78, 5) is 0. The van der Waals surface area contributed by atoms with E-state index in [4.69, 9.17) is 5.73 Å². The average molecular weight is 324 g/mol. The highest BCUT2D eigenvalue weighted by molar-refractivity contribution is 9.10. The quantitative estimate of drug-likeness (QED) is 0.876. The van der Waals surface area contributed by atoms with Crippen molar-refractivity contribution in [2.75, 3.05) is 5.73 Å². The molecule has 6 heteroatoms. The van der Waals surface area contributed by atoms with Crippen LogP contribution in [0.4, 0.5) is 5.69 Å². The first-order valence-corrected chi connectivity index (χ1v) is 7.17. The minimum absolute atomic E-state index is 0.239. The topological polar surface area (TPSA) is 69.6 Å². The third-order valence-electron chi connectivity index (χ3n) is 3.62. The summed E-state index contributed by atoms with van der Waals surface area (Å²) in [5.74, 6) is 1.24. The molecule has 0 aliphatic carbocycles. The van der Waals surface area contributed by atoms with Gasteiger partial charge in [-0.3, -0.25) is 0 Å². The molecule has 1 aromatic carbocycles. The van der Waals surface area contributed by atoms with Crippen LogP contribution in [0.5, 0.6) is 0 Å². The molecule has 0 radical (unpaired) electrons. The van der Waals surface area contributed by atoms with Gasteiger partial charge >= 0.3 is 0 Å². The molecule has 0 amide bonds. The van der Waals surface area contributed by atoms with E-state index in [0.29, 0.717) is 11.6 Å². The monoisotopic (exact) mass is 323 g/mol. The minimum atomic E-state index is 0.239. The normalized spacial score (nSPS) is 14.3. The van der Waals surface area contributed by atoms with E-state index >= 15 is 0 Å². The Morgan fingerprint density at radius 3 is 2.79 bits per heavy atom. The minimum Gasteiger partial charge on any atom is -0.398 e. The molecule has 0 bridgehead atoms. The van der Waals surface area contributed by atoms with E-state index in [0.717, 1.165) is 22.3 Å². The lowest BCUT2D eigenvalue weighted by Crippen LogP contribution is -2.16. The number of aromatic nitrogens is 4. The molecule has 0 spiro atoms. The van der Waals surface area contributed by atoms with Crippen molar-refractivity contribution < 1.29 is 0 Å². The van der Waals surface area contributed by atoms with E-state index in [1.807, 2.05) is 22.9 Å². The molecule has 1 heterocycles. The molecule has 0 aliphatic heterocycles. The third kappa shape index (κ3) is 2.63. The fourth-order valence-corrected chi connectivity index (χ4v) is 2.39. The van der Waals surface area contributed by atoms with Gasteiger partial charge in [-0.05, 0) is 51.3 Å². The van der Waals surface area contributed by atoms with Crippen molar-refractivity contribution in [1.29, 1.82) is 0 Å². The standard InChI is InChI=1S/C13H18BrN5/c1-4-8(2)9(3)19-13(16-17-18-19)10-6-5-7-11(15)12(10)14/h5-9H,4,15H2,1-3H3. The van der Waals surface area contributed by atoms with Crippen molar-refractivity contribution >= 4 is 21.6 Å². The van der Waals surface area contributed by atoms with Gasteiger partial charge in [-0.1, -0.05) is 26.3 Å². The van der Waals surface area contributed by atoms with Crippen LogP contribution in [-0.4, -0.2) is 20.2 Å². The Bertz CT molecular complexity index is 566. The summed E-state index contributed by atoms with van der Waals surface area (Å²) in [6.07, 6.45) is 1.08. The van der Waals surface area contributed by atoms with Crippen LogP contribution in [0.25, 0.3) is 11.4 Å². The van der Waals surface area contributed by atoms with Gasteiger partial charge in [0.05, 0.1) is 10.5 Å². The highest BCUT2D eigenvalue weighted by Crippen LogP contribution is 2.33. The molecular formula is C13H18BrN5. The van der Waals surface area contributed by atoms with Gasteiger partial charge in [0.1, 0.15) is 0 Å². The van der Waals surface area contributed by atoms with Crippen LogP contribution in [-0.2, 0) is 0 Å². The van der Waals surface area contributed by atoms with Gasteiger partial charge in [-0.25, -0.2) is 4.68 Å². The molecule has 2 aromatic rings. The average Bonchev–Trinajstić information content (AvgIpc) is 2.89. The lowest BCUT2D eigenvalue weighted by molar-refractivity contribution is 0.340. The van der Waals surface area contributed by atoms with E-state index in [1.54, 1.807) is 0 Å². The number of nitrogen functional groups attached to an aromatic ring is 1. The first-order valence-electron chi connectivity index (χ1n) is 6.38. The maximum Gasteiger partial charge on any atom is 0.183 e. The van der Waals surface area contributed by atoms with E-state index in [2.05, 4.69) is 52.2 Å². The Morgan fingerprint density at radius 2 is 2.11 bits per heavy atom. The zero-order valence-electron chi connectivity index (χ0n) is 11.3. The lowest BCUT2D eigenvalue weighted by atomic mass is 10.0. The molecule has 0 saturated heterocycles. The van der Waals surface area contributed by atoms with E-state index in [1.165, 1.54) is 0 Å². The van der Waals surface area contributed by atoms with Crippen molar-refractivity contribution in [3.63, 3.8) is 0 Å². The summed E-state index contributed by atoms with van der Waals surface area (Å²) in [5, 5.41) is 12.1. The Hall–Kier alpha value is -1.43. The third-order valence-corrected chi connectivity index (χ3v) is 4.50. The van der Waals surface area contributed by atoms with Crippen molar-refractivity contribution in [3.8, 4) is 11.4 Å². The van der Waals surface area contributed by atoms with Gasteiger partial charge in [0.2, 0.25) is 0 Å². The van der Waals surface area contributed by atoms with Crippen LogP contribution >= 0.6 is 15.9 Å². The molecule has 1 aromatic heterocycles. The number of hydrogen-bond donors (Lipinski definition) is 1. The number of nitrogens with two attached hydrogens (primary N) is 1. The fraction of sp³-hybridized carbons (Fsp3) is 0.462. The highest BCUT2D eigenvalue weighted by Gasteiger charge is 2.20. The van der Waals surface area contributed by atoms with Crippen molar-refractivity contribution in [1.82, 2.24) is 20.2 Å². The lowest BCUT2D eigenvalue weighted by Gasteiger charge is -2.19. The summed E-state index contributed by atoms with van der Waals surface area (Å²) < 4.78 is 2.70.